The van der Waals surface area contributed by atoms with Gasteiger partial charge in [0.25, 0.3) is 20.2 Å². The van der Waals surface area contributed by atoms with E-state index in [2.05, 4.69) is 10.8 Å². The van der Waals surface area contributed by atoms with Crippen LogP contribution in [-0.2, 0) is 34.5 Å². The number of phenolic OH excluding ortho intramolecular Hbond substituents is 1. The molecule has 0 atom stereocenters. The van der Waals surface area contributed by atoms with Gasteiger partial charge in [-0.2, -0.15) is 25.3 Å². The van der Waals surface area contributed by atoms with Gasteiger partial charge in [-0.05, 0) is 6.07 Å². The van der Waals surface area contributed by atoms with Crippen LogP contribution >= 0.6 is 0 Å². The lowest BCUT2D eigenvalue weighted by atomic mass is 10.2. The number of benzene rings is 1. The van der Waals surface area contributed by atoms with Crippen LogP contribution in [0.2, 0.25) is 0 Å². The van der Waals surface area contributed by atoms with Gasteiger partial charge in [-0.1, -0.05) is 6.58 Å². The predicted molar refractivity (Wildman–Crippen MR) is 71.6 cm³/mol. The van der Waals surface area contributed by atoms with Crippen molar-refractivity contribution in [1.82, 2.24) is 0 Å². The molecule has 0 heterocycles. The number of phenols is 1. The van der Waals surface area contributed by atoms with Gasteiger partial charge in [-0.3, -0.25) is 13.9 Å². The van der Waals surface area contributed by atoms with Crippen LogP contribution < -0.4 is 0 Å². The summed E-state index contributed by atoms with van der Waals surface area (Å²) in [6.45, 7) is 2.87. The molecule has 1 aromatic carbocycles. The van der Waals surface area contributed by atoms with E-state index in [0.29, 0.717) is 0 Å². The average Bonchev–Trinajstić information content (AvgIpc) is 2.34. The zero-order valence-electron chi connectivity index (χ0n) is 10.8. The molecular formula is C9H8O11S3. The normalized spacial score (nSPS) is 12.6. The van der Waals surface area contributed by atoms with E-state index in [-0.39, 0.29) is 18.6 Å². The molecule has 3 N–H and O–H groups in total. The van der Waals surface area contributed by atoms with Crippen LogP contribution in [0, 0.1) is 0 Å². The highest BCUT2D eigenvalue weighted by Gasteiger charge is 2.38. The summed E-state index contributed by atoms with van der Waals surface area (Å²) < 4.78 is 91.1. The molecule has 23 heavy (non-hydrogen) atoms. The monoisotopic (exact) mass is 388 g/mol. The first kappa shape index (κ1) is 19.0. The Hall–Kier alpha value is -2.00. The molecule has 0 amide bonds. The maximum Gasteiger partial charge on any atom is 0.341 e. The van der Waals surface area contributed by atoms with Crippen LogP contribution in [0.3, 0.4) is 0 Å². The number of aldehydes is 1. The zero-order chi connectivity index (χ0) is 18.2. The second kappa shape index (κ2) is 5.89. The molecule has 1 aromatic rings. The Kier molecular flexibility index (Phi) is 4.88. The molecule has 0 fully saturated rings. The first-order chi connectivity index (χ1) is 10.3. The number of hydrogen-bond donors (Lipinski definition) is 3. The molecule has 0 aromatic heterocycles. The Morgan fingerprint density at radius 1 is 1.00 bits per heavy atom. The lowest BCUT2D eigenvalue weighted by Gasteiger charge is -2.14. The second-order valence-electron chi connectivity index (χ2n) is 3.76. The Balaban J connectivity index is 4.33. The van der Waals surface area contributed by atoms with Crippen LogP contribution in [0.5, 0.6) is 5.75 Å². The minimum Gasteiger partial charge on any atom is -0.506 e. The fourth-order valence-electron chi connectivity index (χ4n) is 1.52. The summed E-state index contributed by atoms with van der Waals surface area (Å²) in [4.78, 5) is 5.52. The highest BCUT2D eigenvalue weighted by atomic mass is 32.2. The van der Waals surface area contributed by atoms with E-state index in [9.17, 15) is 35.2 Å². The van der Waals surface area contributed by atoms with Crippen LogP contribution in [0.15, 0.2) is 33.6 Å². The average molecular weight is 388 g/mol. The minimum atomic E-state index is -5.56. The Labute approximate surface area is 130 Å². The van der Waals surface area contributed by atoms with Crippen molar-refractivity contribution in [3.05, 3.63) is 24.5 Å². The first-order valence-corrected chi connectivity index (χ1v) is 9.40. The van der Waals surface area contributed by atoms with Gasteiger partial charge in [0.2, 0.25) is 0 Å². The van der Waals surface area contributed by atoms with Gasteiger partial charge in [-0.25, -0.2) is 0 Å². The Bertz CT molecular complexity index is 984. The second-order valence-corrected chi connectivity index (χ2v) is 8.01. The molecule has 0 saturated heterocycles. The summed E-state index contributed by atoms with van der Waals surface area (Å²) in [6.07, 6.45) is 0.0466. The van der Waals surface area contributed by atoms with Crippen molar-refractivity contribution in [3.63, 3.8) is 0 Å². The Morgan fingerprint density at radius 3 is 1.87 bits per heavy atom. The molecule has 0 aliphatic rings. The van der Waals surface area contributed by atoms with E-state index in [4.69, 9.17) is 9.11 Å². The van der Waals surface area contributed by atoms with E-state index in [1.54, 1.807) is 0 Å². The van der Waals surface area contributed by atoms with Gasteiger partial charge in [0, 0.05) is 0 Å². The molecular weight excluding hydrogens is 380 g/mol. The van der Waals surface area contributed by atoms with Crippen molar-refractivity contribution < 1.29 is 48.4 Å². The smallest absolute Gasteiger partial charge is 0.341 e. The fraction of sp³-hybridized carbons (Fsp3) is 0. The van der Waals surface area contributed by atoms with Crippen molar-refractivity contribution in [2.75, 3.05) is 0 Å². The Morgan fingerprint density at radius 2 is 1.52 bits per heavy atom. The van der Waals surface area contributed by atoms with Crippen LogP contribution in [0.4, 0.5) is 0 Å². The molecule has 0 aliphatic carbocycles. The highest BCUT2D eigenvalue weighted by Crippen LogP contribution is 2.38. The van der Waals surface area contributed by atoms with E-state index >= 15 is 0 Å². The summed E-state index contributed by atoms with van der Waals surface area (Å²) in [7, 11) is -16.2. The molecule has 0 spiro atoms. The lowest BCUT2D eigenvalue weighted by Crippen LogP contribution is -2.17. The van der Waals surface area contributed by atoms with Crippen molar-refractivity contribution in [3.8, 4) is 5.75 Å². The maximum atomic E-state index is 11.9. The van der Waals surface area contributed by atoms with Crippen molar-refractivity contribution in [2.24, 2.45) is 0 Å². The number of carbonyl (C=O) groups is 1. The molecule has 11 nitrogen and oxygen atoms in total. The summed E-state index contributed by atoms with van der Waals surface area (Å²) in [5.41, 5.74) is -1.03. The van der Waals surface area contributed by atoms with Gasteiger partial charge in [0.15, 0.2) is 16.1 Å². The van der Waals surface area contributed by atoms with Gasteiger partial charge < -0.3 is 9.29 Å². The van der Waals surface area contributed by atoms with E-state index < -0.39 is 56.4 Å². The standard InChI is InChI=1S/C9H8O11S3/c1-2-20-23(18,19)8-6(21(12,13)14)3-5(4-10)7(11)9(8)22(15,16)17/h2-4,11H,1H2,(H,12,13,14)(H,15,16,17). The van der Waals surface area contributed by atoms with Gasteiger partial charge in [0.05, 0.1) is 11.8 Å². The van der Waals surface area contributed by atoms with Crippen molar-refractivity contribution in [2.45, 2.75) is 14.7 Å². The third kappa shape index (κ3) is 3.67. The number of aromatic hydroxyl groups is 1. The quantitative estimate of drug-likeness (QED) is 0.247. The number of hydrogen-bond acceptors (Lipinski definition) is 9. The summed E-state index contributed by atoms with van der Waals surface area (Å²) in [6, 6.07) is 0.186. The zero-order valence-corrected chi connectivity index (χ0v) is 13.2. The van der Waals surface area contributed by atoms with E-state index in [0.717, 1.165) is 0 Å². The third-order valence-corrected chi connectivity index (χ3v) is 5.68. The van der Waals surface area contributed by atoms with E-state index in [1.807, 2.05) is 0 Å². The molecule has 0 bridgehead atoms. The summed E-state index contributed by atoms with van der Waals surface area (Å²) >= 11 is 0. The highest BCUT2D eigenvalue weighted by molar-refractivity contribution is 7.91. The first-order valence-electron chi connectivity index (χ1n) is 5.11. The SMILES string of the molecule is C=COS(=O)(=O)c1c(S(=O)(=O)O)cc(C=O)c(O)c1S(=O)(=O)O. The summed E-state index contributed by atoms with van der Waals surface area (Å²) in [5, 5.41) is 9.63. The van der Waals surface area contributed by atoms with Crippen molar-refractivity contribution >= 4 is 36.6 Å². The number of carbonyl (C=O) groups excluding carboxylic acids is 1. The molecule has 0 saturated carbocycles. The molecule has 14 heteroatoms. The topological polar surface area (TPSA) is 189 Å². The summed E-state index contributed by atoms with van der Waals surface area (Å²) in [5.74, 6) is -1.55. The van der Waals surface area contributed by atoms with Crippen molar-refractivity contribution in [1.29, 1.82) is 0 Å². The van der Waals surface area contributed by atoms with Crippen LogP contribution in [-0.4, -0.2) is 45.8 Å². The maximum absolute atomic E-state index is 11.9. The van der Waals surface area contributed by atoms with E-state index in [1.165, 1.54) is 0 Å². The van der Waals surface area contributed by atoms with Gasteiger partial charge >= 0.3 is 10.1 Å². The van der Waals surface area contributed by atoms with Gasteiger partial charge in [-0.15, -0.1) is 0 Å². The number of rotatable bonds is 6. The molecule has 0 unspecified atom stereocenters. The van der Waals surface area contributed by atoms with Gasteiger partial charge in [0.1, 0.15) is 10.6 Å². The van der Waals surface area contributed by atoms with Crippen LogP contribution in [0.25, 0.3) is 0 Å². The largest absolute Gasteiger partial charge is 0.506 e. The van der Waals surface area contributed by atoms with Crippen LogP contribution in [0.1, 0.15) is 10.4 Å². The molecule has 0 aliphatic heterocycles. The third-order valence-electron chi connectivity index (χ3n) is 2.31. The fourth-order valence-corrected chi connectivity index (χ4v) is 5.05. The lowest BCUT2D eigenvalue weighted by molar-refractivity contribution is 0.112. The minimum absolute atomic E-state index is 0.186. The molecule has 1 rings (SSSR count). The molecule has 0 radical (unpaired) electrons. The predicted octanol–water partition coefficient (Wildman–Crippen LogP) is -0.453. The molecule has 128 valence electrons.